The summed E-state index contributed by atoms with van der Waals surface area (Å²) in [6.07, 6.45) is 2.23. The zero-order valence-corrected chi connectivity index (χ0v) is 13.0. The molecule has 0 unspecified atom stereocenters. The molecule has 1 atom stereocenters. The molecule has 5 nitrogen and oxygen atoms in total. The van der Waals surface area contributed by atoms with Crippen molar-refractivity contribution in [2.24, 2.45) is 5.73 Å². The van der Waals surface area contributed by atoms with Crippen molar-refractivity contribution in [3.8, 4) is 6.07 Å². The lowest BCUT2D eigenvalue weighted by Crippen LogP contribution is -2.32. The molecule has 5 heteroatoms. The summed E-state index contributed by atoms with van der Waals surface area (Å²) in [4.78, 5) is 11.0. The van der Waals surface area contributed by atoms with Crippen LogP contribution in [0.15, 0.2) is 54.7 Å². The summed E-state index contributed by atoms with van der Waals surface area (Å²) in [7, 11) is 0. The first-order chi connectivity index (χ1) is 11.6. The Balaban J connectivity index is 1.99. The molecule has 0 aliphatic heterocycles. The minimum Gasteiger partial charge on any atom is -0.480 e. The summed E-state index contributed by atoms with van der Waals surface area (Å²) < 4.78 is 2.07. The van der Waals surface area contributed by atoms with Gasteiger partial charge >= 0.3 is 5.97 Å². The Kier molecular flexibility index (Phi) is 4.32. The molecule has 1 heterocycles. The van der Waals surface area contributed by atoms with E-state index in [1.807, 2.05) is 48.7 Å². The number of rotatable bonds is 5. The number of nitriles is 1. The predicted octanol–water partition coefficient (Wildman–Crippen LogP) is 2.52. The van der Waals surface area contributed by atoms with E-state index in [2.05, 4.69) is 10.6 Å². The summed E-state index contributed by atoms with van der Waals surface area (Å²) in [5.41, 5.74) is 9.27. The van der Waals surface area contributed by atoms with Crippen molar-refractivity contribution in [1.82, 2.24) is 4.57 Å². The molecule has 3 N–H and O–H groups in total. The predicted molar refractivity (Wildman–Crippen MR) is 91.5 cm³/mol. The molecule has 0 aliphatic carbocycles. The molecule has 3 rings (SSSR count). The summed E-state index contributed by atoms with van der Waals surface area (Å²) in [5.74, 6) is -1.01. The molecule has 0 saturated heterocycles. The van der Waals surface area contributed by atoms with Gasteiger partial charge in [-0.3, -0.25) is 4.79 Å². The van der Waals surface area contributed by atoms with E-state index in [0.717, 1.165) is 22.0 Å². The largest absolute Gasteiger partial charge is 0.480 e. The molecule has 0 aliphatic rings. The first-order valence-corrected chi connectivity index (χ1v) is 7.62. The third-order valence-corrected chi connectivity index (χ3v) is 4.04. The molecule has 0 spiro atoms. The van der Waals surface area contributed by atoms with Crippen LogP contribution in [0.5, 0.6) is 0 Å². The van der Waals surface area contributed by atoms with Crippen molar-refractivity contribution in [2.75, 3.05) is 0 Å². The third-order valence-electron chi connectivity index (χ3n) is 4.04. The van der Waals surface area contributed by atoms with Gasteiger partial charge in [0.05, 0.1) is 11.6 Å². The smallest absolute Gasteiger partial charge is 0.320 e. The highest BCUT2D eigenvalue weighted by molar-refractivity contribution is 5.85. The molecule has 2 aromatic carbocycles. The minimum absolute atomic E-state index is 0.279. The number of hydrogen-bond acceptors (Lipinski definition) is 3. The number of carbonyl (C=O) groups is 1. The Hall–Kier alpha value is -3.10. The number of para-hydroxylation sites is 1. The van der Waals surface area contributed by atoms with E-state index in [-0.39, 0.29) is 6.42 Å². The topological polar surface area (TPSA) is 92.0 Å². The van der Waals surface area contributed by atoms with Gasteiger partial charge < -0.3 is 15.4 Å². The maximum Gasteiger partial charge on any atom is 0.320 e. The number of aliphatic carboxylic acids is 1. The van der Waals surface area contributed by atoms with E-state index in [9.17, 15) is 4.79 Å². The van der Waals surface area contributed by atoms with E-state index in [1.165, 1.54) is 0 Å². The van der Waals surface area contributed by atoms with Gasteiger partial charge in [0.2, 0.25) is 0 Å². The quantitative estimate of drug-likeness (QED) is 0.756. The number of aromatic nitrogens is 1. The Morgan fingerprint density at radius 1 is 1.25 bits per heavy atom. The summed E-state index contributed by atoms with van der Waals surface area (Å²) in [6.45, 7) is 0.609. The van der Waals surface area contributed by atoms with Crippen molar-refractivity contribution >= 4 is 16.9 Å². The molecule has 24 heavy (non-hydrogen) atoms. The Morgan fingerprint density at radius 3 is 2.79 bits per heavy atom. The fourth-order valence-electron chi connectivity index (χ4n) is 2.88. The summed E-state index contributed by atoms with van der Waals surface area (Å²) >= 11 is 0. The van der Waals surface area contributed by atoms with Crippen molar-refractivity contribution in [2.45, 2.75) is 19.0 Å². The number of carboxylic acids is 1. The average Bonchev–Trinajstić information content (AvgIpc) is 2.93. The van der Waals surface area contributed by atoms with E-state index in [1.54, 1.807) is 6.07 Å². The van der Waals surface area contributed by atoms with Crippen LogP contribution < -0.4 is 5.73 Å². The fraction of sp³-hybridized carbons (Fsp3) is 0.158. The van der Waals surface area contributed by atoms with Crippen LogP contribution in [0.4, 0.5) is 0 Å². The van der Waals surface area contributed by atoms with Gasteiger partial charge in [-0.1, -0.05) is 30.3 Å². The molecule has 120 valence electrons. The van der Waals surface area contributed by atoms with Crippen LogP contribution in [0.1, 0.15) is 16.7 Å². The van der Waals surface area contributed by atoms with Crippen molar-refractivity contribution < 1.29 is 9.90 Å². The molecule has 0 radical (unpaired) electrons. The molecule has 1 aromatic heterocycles. The molecule has 0 fully saturated rings. The number of hydrogen-bond donors (Lipinski definition) is 2. The Labute approximate surface area is 139 Å². The second-order valence-corrected chi connectivity index (χ2v) is 5.76. The SMILES string of the molecule is N#Cc1cccc(Cn2cc(C[C@H](N)C(=O)O)c3ccccc32)c1. The Bertz CT molecular complexity index is 937. The highest BCUT2D eigenvalue weighted by atomic mass is 16.4. The average molecular weight is 319 g/mol. The number of carboxylic acid groups (broad SMARTS) is 1. The van der Waals surface area contributed by atoms with Crippen LogP contribution in [0.2, 0.25) is 0 Å². The number of fused-ring (bicyclic) bond motifs is 1. The van der Waals surface area contributed by atoms with Crippen molar-refractivity contribution in [1.29, 1.82) is 5.26 Å². The number of nitrogens with two attached hydrogens (primary N) is 1. The van der Waals surface area contributed by atoms with Crippen LogP contribution in [-0.2, 0) is 17.8 Å². The van der Waals surface area contributed by atoms with Gasteiger partial charge in [-0.15, -0.1) is 0 Å². The van der Waals surface area contributed by atoms with Crippen LogP contribution in [0, 0.1) is 11.3 Å². The summed E-state index contributed by atoms with van der Waals surface area (Å²) in [5, 5.41) is 19.1. The van der Waals surface area contributed by atoms with Gasteiger partial charge in [0.15, 0.2) is 0 Å². The standard InChI is InChI=1S/C19H17N3O2/c20-10-13-4-3-5-14(8-13)11-22-12-15(9-17(21)19(23)24)16-6-1-2-7-18(16)22/h1-8,12,17H,9,11,21H2,(H,23,24)/t17-/m0/s1. The number of nitrogens with zero attached hydrogens (tertiary/aromatic N) is 2. The zero-order valence-electron chi connectivity index (χ0n) is 13.0. The van der Waals surface area contributed by atoms with Crippen LogP contribution in [0.3, 0.4) is 0 Å². The van der Waals surface area contributed by atoms with E-state index in [0.29, 0.717) is 12.1 Å². The van der Waals surface area contributed by atoms with Crippen molar-refractivity contribution in [3.63, 3.8) is 0 Å². The highest BCUT2D eigenvalue weighted by Crippen LogP contribution is 2.23. The molecule has 0 bridgehead atoms. The molecule has 0 amide bonds. The number of benzene rings is 2. The lowest BCUT2D eigenvalue weighted by atomic mass is 10.1. The van der Waals surface area contributed by atoms with Gasteiger partial charge in [0.25, 0.3) is 0 Å². The minimum atomic E-state index is -1.01. The highest BCUT2D eigenvalue weighted by Gasteiger charge is 2.16. The van der Waals surface area contributed by atoms with E-state index < -0.39 is 12.0 Å². The molecule has 0 saturated carbocycles. The second-order valence-electron chi connectivity index (χ2n) is 5.76. The van der Waals surface area contributed by atoms with Gasteiger partial charge in [0.1, 0.15) is 6.04 Å². The molecular formula is C19H17N3O2. The van der Waals surface area contributed by atoms with Crippen molar-refractivity contribution in [3.05, 3.63) is 71.4 Å². The maximum atomic E-state index is 11.0. The van der Waals surface area contributed by atoms with Gasteiger partial charge in [0, 0.05) is 30.1 Å². The fourth-order valence-corrected chi connectivity index (χ4v) is 2.88. The van der Waals surface area contributed by atoms with Crippen LogP contribution >= 0.6 is 0 Å². The maximum absolute atomic E-state index is 11.0. The van der Waals surface area contributed by atoms with Gasteiger partial charge in [-0.25, -0.2) is 0 Å². The van der Waals surface area contributed by atoms with Crippen LogP contribution in [0.25, 0.3) is 10.9 Å². The van der Waals surface area contributed by atoms with Gasteiger partial charge in [-0.05, 0) is 29.3 Å². The van der Waals surface area contributed by atoms with E-state index in [4.69, 9.17) is 16.1 Å². The van der Waals surface area contributed by atoms with E-state index >= 15 is 0 Å². The summed E-state index contributed by atoms with van der Waals surface area (Å²) in [6, 6.07) is 16.5. The molecule has 3 aromatic rings. The Morgan fingerprint density at radius 2 is 2.04 bits per heavy atom. The van der Waals surface area contributed by atoms with Crippen LogP contribution in [-0.4, -0.2) is 21.7 Å². The van der Waals surface area contributed by atoms with Gasteiger partial charge in [-0.2, -0.15) is 5.26 Å². The second kappa shape index (κ2) is 6.57. The normalized spacial score (nSPS) is 12.0. The lowest BCUT2D eigenvalue weighted by molar-refractivity contribution is -0.138. The third kappa shape index (κ3) is 3.14. The molecular weight excluding hydrogens is 302 g/mol. The monoisotopic (exact) mass is 319 g/mol. The first-order valence-electron chi connectivity index (χ1n) is 7.62. The first kappa shape index (κ1) is 15.8. The lowest BCUT2D eigenvalue weighted by Gasteiger charge is -2.06. The zero-order chi connectivity index (χ0) is 17.1.